The molecule has 0 aliphatic carbocycles. The number of terminal acetylenes is 1. The van der Waals surface area contributed by atoms with Crippen LogP contribution in [0.4, 0.5) is 0 Å². The van der Waals surface area contributed by atoms with Crippen LogP contribution < -0.4 is 10.1 Å². The van der Waals surface area contributed by atoms with E-state index in [0.717, 1.165) is 10.0 Å². The van der Waals surface area contributed by atoms with Crippen molar-refractivity contribution in [2.75, 3.05) is 13.2 Å². The first-order chi connectivity index (χ1) is 8.63. The molecule has 1 aromatic carbocycles. The van der Waals surface area contributed by atoms with Crippen LogP contribution in [-0.2, 0) is 11.3 Å². The Hall–Kier alpha value is -1.51. The van der Waals surface area contributed by atoms with E-state index in [-0.39, 0.29) is 13.0 Å². The fourth-order valence-electron chi connectivity index (χ4n) is 1.36. The molecule has 2 N–H and O–H groups in total. The fourth-order valence-corrected chi connectivity index (χ4v) is 1.77. The molecule has 0 aliphatic heterocycles. The van der Waals surface area contributed by atoms with Gasteiger partial charge in [0.05, 0.1) is 6.42 Å². The number of aliphatic carboxylic acids is 1. The molecule has 4 nitrogen and oxygen atoms in total. The molecule has 1 rings (SSSR count). The van der Waals surface area contributed by atoms with Gasteiger partial charge in [0.1, 0.15) is 12.4 Å². The van der Waals surface area contributed by atoms with Gasteiger partial charge in [0.15, 0.2) is 0 Å². The quantitative estimate of drug-likeness (QED) is 0.597. The Morgan fingerprint density at radius 3 is 3.00 bits per heavy atom. The zero-order valence-corrected chi connectivity index (χ0v) is 11.4. The number of nitrogens with one attached hydrogen (secondary N) is 1. The zero-order valence-electron chi connectivity index (χ0n) is 9.78. The Bertz CT molecular complexity index is 454. The van der Waals surface area contributed by atoms with Crippen LogP contribution in [0.3, 0.4) is 0 Å². The van der Waals surface area contributed by atoms with E-state index in [2.05, 4.69) is 27.2 Å². The molecule has 0 fully saturated rings. The molecule has 0 spiro atoms. The van der Waals surface area contributed by atoms with Crippen molar-refractivity contribution in [1.82, 2.24) is 5.32 Å². The summed E-state index contributed by atoms with van der Waals surface area (Å²) < 4.78 is 6.34. The smallest absolute Gasteiger partial charge is 0.304 e. The molecule has 0 unspecified atom stereocenters. The van der Waals surface area contributed by atoms with Crippen LogP contribution in [0.5, 0.6) is 5.75 Å². The summed E-state index contributed by atoms with van der Waals surface area (Å²) in [6.45, 7) is 1.16. The highest BCUT2D eigenvalue weighted by Crippen LogP contribution is 2.23. The molecular weight excluding hydrogens is 298 g/mol. The van der Waals surface area contributed by atoms with Gasteiger partial charge in [-0.05, 0) is 18.2 Å². The third-order valence-electron chi connectivity index (χ3n) is 2.16. The molecule has 18 heavy (non-hydrogen) atoms. The normalized spacial score (nSPS) is 9.78. The van der Waals surface area contributed by atoms with Gasteiger partial charge in [-0.2, -0.15) is 0 Å². The first-order valence-corrected chi connectivity index (χ1v) is 6.20. The molecule has 0 amide bonds. The Kier molecular flexibility index (Phi) is 6.26. The maximum atomic E-state index is 10.4. The van der Waals surface area contributed by atoms with Crippen LogP contribution in [0.1, 0.15) is 12.0 Å². The minimum Gasteiger partial charge on any atom is -0.481 e. The van der Waals surface area contributed by atoms with E-state index >= 15 is 0 Å². The lowest BCUT2D eigenvalue weighted by Crippen LogP contribution is -2.18. The highest BCUT2D eigenvalue weighted by atomic mass is 79.9. The maximum absolute atomic E-state index is 10.4. The average Bonchev–Trinajstić information content (AvgIpc) is 2.33. The van der Waals surface area contributed by atoms with Crippen LogP contribution >= 0.6 is 15.9 Å². The number of carboxylic acids is 1. The van der Waals surface area contributed by atoms with Gasteiger partial charge in [-0.25, -0.2) is 0 Å². The predicted molar refractivity (Wildman–Crippen MR) is 72.4 cm³/mol. The second kappa shape index (κ2) is 7.75. The van der Waals surface area contributed by atoms with Gasteiger partial charge in [-0.15, -0.1) is 6.42 Å². The van der Waals surface area contributed by atoms with Crippen molar-refractivity contribution < 1.29 is 14.6 Å². The van der Waals surface area contributed by atoms with Crippen molar-refractivity contribution in [3.63, 3.8) is 0 Å². The number of carboxylic acid groups (broad SMARTS) is 1. The summed E-state index contributed by atoms with van der Waals surface area (Å²) >= 11 is 3.38. The van der Waals surface area contributed by atoms with Gasteiger partial charge in [0.2, 0.25) is 0 Å². The van der Waals surface area contributed by atoms with E-state index in [1.807, 2.05) is 18.2 Å². The lowest BCUT2D eigenvalue weighted by molar-refractivity contribution is -0.136. The van der Waals surface area contributed by atoms with Crippen LogP contribution in [-0.4, -0.2) is 24.2 Å². The molecule has 0 bridgehead atoms. The van der Waals surface area contributed by atoms with Crippen molar-refractivity contribution in [2.24, 2.45) is 0 Å². The van der Waals surface area contributed by atoms with Gasteiger partial charge in [0, 0.05) is 23.1 Å². The molecule has 0 aromatic heterocycles. The first kappa shape index (κ1) is 14.6. The molecule has 5 heteroatoms. The fraction of sp³-hybridized carbons (Fsp3) is 0.308. The predicted octanol–water partition coefficient (Wildman–Crippen LogP) is 2.03. The van der Waals surface area contributed by atoms with E-state index in [1.54, 1.807) is 0 Å². The summed E-state index contributed by atoms with van der Waals surface area (Å²) in [5, 5.41) is 11.6. The summed E-state index contributed by atoms with van der Waals surface area (Å²) in [4.78, 5) is 10.4. The highest BCUT2D eigenvalue weighted by molar-refractivity contribution is 9.10. The van der Waals surface area contributed by atoms with Crippen LogP contribution in [0.15, 0.2) is 22.7 Å². The largest absolute Gasteiger partial charge is 0.481 e. The van der Waals surface area contributed by atoms with Gasteiger partial charge < -0.3 is 15.2 Å². The van der Waals surface area contributed by atoms with Gasteiger partial charge in [-0.3, -0.25) is 4.79 Å². The summed E-state index contributed by atoms with van der Waals surface area (Å²) in [5.74, 6) is 2.30. The Balaban J connectivity index is 2.58. The van der Waals surface area contributed by atoms with E-state index in [9.17, 15) is 4.79 Å². The third-order valence-corrected chi connectivity index (χ3v) is 2.66. The summed E-state index contributed by atoms with van der Waals surface area (Å²) in [7, 11) is 0. The van der Waals surface area contributed by atoms with Crippen LogP contribution in [0, 0.1) is 12.3 Å². The van der Waals surface area contributed by atoms with Crippen LogP contribution in [0.2, 0.25) is 0 Å². The standard InChI is InChI=1S/C13H14BrNO3/c1-2-7-18-12-4-3-11(14)8-10(12)9-15-6-5-13(16)17/h1,3-4,8,15H,5-7,9H2,(H,16,17). The van der Waals surface area contributed by atoms with Crippen molar-refractivity contribution in [3.8, 4) is 18.1 Å². The molecule has 0 radical (unpaired) electrons. The number of ether oxygens (including phenoxy) is 1. The van der Waals surface area contributed by atoms with Gasteiger partial charge in [0.25, 0.3) is 0 Å². The minimum atomic E-state index is -0.819. The lowest BCUT2D eigenvalue weighted by atomic mass is 10.2. The van der Waals surface area contributed by atoms with E-state index in [1.165, 1.54) is 0 Å². The molecule has 96 valence electrons. The Morgan fingerprint density at radius 1 is 1.56 bits per heavy atom. The Morgan fingerprint density at radius 2 is 2.33 bits per heavy atom. The van der Waals surface area contributed by atoms with Crippen molar-refractivity contribution >= 4 is 21.9 Å². The van der Waals surface area contributed by atoms with Gasteiger partial charge in [-0.1, -0.05) is 21.9 Å². The van der Waals surface area contributed by atoms with E-state index in [4.69, 9.17) is 16.3 Å². The molecule has 0 saturated heterocycles. The topological polar surface area (TPSA) is 58.6 Å². The monoisotopic (exact) mass is 311 g/mol. The summed E-state index contributed by atoms with van der Waals surface area (Å²) in [6.07, 6.45) is 5.24. The number of carbonyl (C=O) groups is 1. The lowest BCUT2D eigenvalue weighted by Gasteiger charge is -2.11. The first-order valence-electron chi connectivity index (χ1n) is 5.40. The molecule has 1 aromatic rings. The average molecular weight is 312 g/mol. The maximum Gasteiger partial charge on any atom is 0.304 e. The summed E-state index contributed by atoms with van der Waals surface area (Å²) in [6, 6.07) is 5.61. The molecule has 0 saturated carbocycles. The minimum absolute atomic E-state index is 0.0918. The second-order valence-electron chi connectivity index (χ2n) is 3.57. The van der Waals surface area contributed by atoms with Crippen molar-refractivity contribution in [3.05, 3.63) is 28.2 Å². The third kappa shape index (κ3) is 5.21. The highest BCUT2D eigenvalue weighted by Gasteiger charge is 2.04. The van der Waals surface area contributed by atoms with E-state index in [0.29, 0.717) is 18.8 Å². The van der Waals surface area contributed by atoms with Crippen molar-refractivity contribution in [2.45, 2.75) is 13.0 Å². The number of hydrogen-bond donors (Lipinski definition) is 2. The summed E-state index contributed by atoms with van der Waals surface area (Å²) in [5.41, 5.74) is 0.935. The number of rotatable bonds is 7. The molecular formula is C13H14BrNO3. The van der Waals surface area contributed by atoms with E-state index < -0.39 is 5.97 Å². The number of hydrogen-bond acceptors (Lipinski definition) is 3. The second-order valence-corrected chi connectivity index (χ2v) is 4.48. The molecule has 0 atom stereocenters. The molecule has 0 heterocycles. The van der Waals surface area contributed by atoms with Crippen molar-refractivity contribution in [1.29, 1.82) is 0 Å². The van der Waals surface area contributed by atoms with Crippen LogP contribution in [0.25, 0.3) is 0 Å². The van der Waals surface area contributed by atoms with Gasteiger partial charge >= 0.3 is 5.97 Å². The Labute approximate surface area is 114 Å². The number of halogens is 1. The SMILES string of the molecule is C#CCOc1ccc(Br)cc1CNCCC(=O)O. The zero-order chi connectivity index (χ0) is 13.4. The molecule has 0 aliphatic rings. The number of benzene rings is 1.